The van der Waals surface area contributed by atoms with Crippen molar-refractivity contribution in [3.05, 3.63) is 386 Å². The van der Waals surface area contributed by atoms with Gasteiger partial charge >= 0.3 is 24.7 Å². The molecule has 32 heteroatoms. The van der Waals surface area contributed by atoms with Crippen molar-refractivity contribution < 1.29 is 152 Å². The number of halogens is 12. The third kappa shape index (κ3) is 20.7. The molecule has 712 valence electrons. The monoisotopic (exact) mass is 2680 g/mol. The van der Waals surface area contributed by atoms with Gasteiger partial charge < -0.3 is 18.9 Å². The number of hydrogen-bond donors (Lipinski definition) is 0. The first kappa shape index (κ1) is 100. The zero-order valence-electron chi connectivity index (χ0n) is 72.7. The fourth-order valence-electron chi connectivity index (χ4n) is 16.3. The van der Waals surface area contributed by atoms with Gasteiger partial charge in [-0.3, -0.25) is 0 Å². The summed E-state index contributed by atoms with van der Waals surface area (Å²) >= 11 is 6.21. The summed E-state index contributed by atoms with van der Waals surface area (Å²) in [5, 5.41) is 52.0. The van der Waals surface area contributed by atoms with Crippen molar-refractivity contribution in [3.8, 4) is 88.8 Å². The molecule has 12 nitrogen and oxygen atoms in total. The van der Waals surface area contributed by atoms with Crippen molar-refractivity contribution in [2.45, 2.75) is 38.0 Å². The number of ether oxygens (including phenoxy) is 4. The van der Waals surface area contributed by atoms with Crippen molar-refractivity contribution in [1.29, 1.82) is 0 Å². The molecule has 142 heavy (non-hydrogen) atoms. The molecule has 0 aliphatic carbocycles. The number of aryl methyl sites for hydroxylation is 1. The molecule has 0 aliphatic heterocycles. The Bertz CT molecular complexity index is 8760. The van der Waals surface area contributed by atoms with Gasteiger partial charge in [-0.15, -0.1) is 115 Å². The molecule has 0 unspecified atom stereocenters. The first-order valence-corrected chi connectivity index (χ1v) is 45.9. The number of fused-ring (bicyclic) bond motifs is 12. The van der Waals surface area contributed by atoms with E-state index in [4.69, 9.17) is 18.9 Å². The van der Waals surface area contributed by atoms with E-state index in [-0.39, 0.29) is 110 Å². The number of alkyl halides is 12. The number of para-hydroxylation sites is 2. The molecule has 0 aliphatic rings. The second-order valence-electron chi connectivity index (χ2n) is 31.7. The van der Waals surface area contributed by atoms with Crippen LogP contribution >= 0.6 is 45.3 Å². The third-order valence-corrected chi connectivity index (χ3v) is 27.2. The van der Waals surface area contributed by atoms with Crippen LogP contribution in [0.5, 0.6) is 46.5 Å². The van der Waals surface area contributed by atoms with Crippen LogP contribution < -0.4 is 18.9 Å². The molecule has 24 rings (SSSR count). The molecule has 0 bridgehead atoms. The van der Waals surface area contributed by atoms with Crippen LogP contribution in [-0.4, -0.2) is 40.8 Å². The normalized spacial score (nSPS) is 11.6. The van der Waals surface area contributed by atoms with Crippen LogP contribution in [0, 0.1) is 24.3 Å². The van der Waals surface area contributed by atoms with Crippen LogP contribution in [-0.2, 0) is 112 Å². The van der Waals surface area contributed by atoms with E-state index in [9.17, 15) is 52.7 Å². The number of rotatable bonds is 13. The molecule has 8 heterocycles. The summed E-state index contributed by atoms with van der Waals surface area (Å²) in [6.45, 7) is 2.12. The standard InChI is InChI=1S/C28H13F6N2OS.C28H19N2OS.2C27H14F3N2OS.4Ir/c29-27(30,31)20-9-5-10-21(24(20)28(32,33)34)37-26-19-13-16-7-2-1-6-15(16)12-18(19)25(35-36-26)23-14-17-8-3-4-11-22(17)38-23;1-2-18-9-5-7-13-24(18)31-28-23-16-20-11-4-3-10-19(20)15-22(23)27(29-30-28)26-17-21-12-6-8-14-25(21)32-26;28-27(29,30)21-10-4-5-11-22(21)33-26-20-14-17-8-2-1-7-16(17)13-19(20)25(31-32-26)24-15-18-9-3-6-12-23(18)34-24;28-27(29,30)19-9-5-10-20(15-19)33-26-22-13-17-7-2-1-6-16(17)12-21(22)25(31-32-26)24-14-18-8-3-4-11-23(18)34-24;;;;/h1-13H;3-16H,2H2,1H3;1-14H;1-13,15H;;;;/q4*-1;;;;. The maximum Gasteiger partial charge on any atom is 0.420 e. The van der Waals surface area contributed by atoms with E-state index in [0.29, 0.717) is 55.5 Å². The van der Waals surface area contributed by atoms with Gasteiger partial charge in [-0.25, -0.2) is 45.3 Å². The molecule has 0 saturated carbocycles. The van der Waals surface area contributed by atoms with Crippen LogP contribution in [0.25, 0.3) is 169 Å². The SMILES string of the molecule is CCc1ccccc1Oc1nnc(-c2[c-]c3ccccc3s2)c2cc3ccccc3cc12.FC(F)(F)c1cccc(Oc2nnc(-c3[c-]c4ccccc4s3)c3cc4ccccc4cc23)c1.FC(F)(F)c1cccc(Oc2nnc(-c3[c-]c4ccccc4s3)c3cc4ccccc4cc23)c1C(F)(F)F.FC(F)(F)c1ccccc1Oc1nnc(-c2[c-]c3ccccc3s2)c2cc3ccccc3cc12.[Ir].[Ir].[Ir].[Ir]. The Morgan fingerprint density at radius 3 is 0.852 bits per heavy atom. The van der Waals surface area contributed by atoms with Gasteiger partial charge in [0.15, 0.2) is 0 Å². The van der Waals surface area contributed by atoms with E-state index in [0.717, 1.165) is 169 Å². The first-order valence-electron chi connectivity index (χ1n) is 42.6. The second kappa shape index (κ2) is 41.7. The Labute approximate surface area is 869 Å². The van der Waals surface area contributed by atoms with Gasteiger partial charge in [0.2, 0.25) is 23.5 Å². The van der Waals surface area contributed by atoms with Crippen LogP contribution in [0.1, 0.15) is 34.7 Å². The molecule has 16 aromatic carbocycles. The molecule has 0 fully saturated rings. The van der Waals surface area contributed by atoms with E-state index < -0.39 is 52.7 Å². The maximum absolute atomic E-state index is 13.8. The van der Waals surface area contributed by atoms with Crippen molar-refractivity contribution >= 4 is 172 Å². The van der Waals surface area contributed by atoms with Crippen molar-refractivity contribution in [2.75, 3.05) is 0 Å². The minimum absolute atomic E-state index is 0. The molecule has 0 saturated heterocycles. The van der Waals surface area contributed by atoms with E-state index in [2.05, 4.69) is 133 Å². The minimum atomic E-state index is -5.33. The zero-order chi connectivity index (χ0) is 94.7. The van der Waals surface area contributed by atoms with Crippen LogP contribution in [0.15, 0.2) is 334 Å². The molecule has 24 aromatic rings. The summed E-state index contributed by atoms with van der Waals surface area (Å²) in [6, 6.07) is 112. The Morgan fingerprint density at radius 1 is 0.246 bits per heavy atom. The van der Waals surface area contributed by atoms with Gasteiger partial charge in [-0.2, -0.15) is 73.1 Å². The quantitative estimate of drug-likeness (QED) is 0.0616. The van der Waals surface area contributed by atoms with E-state index in [1.807, 2.05) is 182 Å². The molecule has 4 radical (unpaired) electrons. The largest absolute Gasteiger partial charge is 0.437 e. The number of hydrogen-bond acceptors (Lipinski definition) is 16. The minimum Gasteiger partial charge on any atom is -0.437 e. The predicted octanol–water partition coefficient (Wildman–Crippen LogP) is 33.7. The summed E-state index contributed by atoms with van der Waals surface area (Å²) in [6.07, 6.45) is -18.7. The summed E-state index contributed by atoms with van der Waals surface area (Å²) in [7, 11) is 0. The van der Waals surface area contributed by atoms with E-state index in [1.54, 1.807) is 46.9 Å². The van der Waals surface area contributed by atoms with Crippen LogP contribution in [0.4, 0.5) is 52.7 Å². The number of aromatic nitrogens is 8. The van der Waals surface area contributed by atoms with Gasteiger partial charge in [0.05, 0.1) is 16.7 Å². The number of benzene rings is 16. The summed E-state index contributed by atoms with van der Waals surface area (Å²) in [4.78, 5) is 3.27. The molecule has 0 amide bonds. The zero-order valence-corrected chi connectivity index (χ0v) is 85.5. The van der Waals surface area contributed by atoms with E-state index >= 15 is 0 Å². The molecule has 0 N–H and O–H groups in total. The average molecular weight is 2680 g/mol. The van der Waals surface area contributed by atoms with Crippen molar-refractivity contribution in [3.63, 3.8) is 0 Å². The van der Waals surface area contributed by atoms with Crippen LogP contribution in [0.3, 0.4) is 0 Å². The summed E-state index contributed by atoms with van der Waals surface area (Å²) in [5.41, 5.74) is -1.76. The fourth-order valence-corrected chi connectivity index (χ4v) is 20.3. The third-order valence-electron chi connectivity index (χ3n) is 22.9. The molecule has 0 spiro atoms. The average Bonchev–Trinajstić information content (AvgIpc) is 1.32. The smallest absolute Gasteiger partial charge is 0.420 e. The van der Waals surface area contributed by atoms with Gasteiger partial charge in [-0.1, -0.05) is 219 Å². The maximum atomic E-state index is 13.8. The van der Waals surface area contributed by atoms with Crippen molar-refractivity contribution in [1.82, 2.24) is 40.8 Å². The van der Waals surface area contributed by atoms with Gasteiger partial charge in [0.1, 0.15) is 28.6 Å². The topological polar surface area (TPSA) is 140 Å². The fraction of sp³-hybridized carbons (Fsp3) is 0.0545. The number of nitrogens with zero attached hydrogens (tertiary/aromatic N) is 8. The Kier molecular flexibility index (Phi) is 29.5. The second-order valence-corrected chi connectivity index (χ2v) is 35.9. The van der Waals surface area contributed by atoms with Gasteiger partial charge in [0.25, 0.3) is 0 Å². The van der Waals surface area contributed by atoms with Crippen LogP contribution in [0.2, 0.25) is 0 Å². The predicted molar refractivity (Wildman–Crippen MR) is 522 cm³/mol. The molecule has 8 aromatic heterocycles. The van der Waals surface area contributed by atoms with E-state index in [1.165, 1.54) is 57.7 Å². The summed E-state index contributed by atoms with van der Waals surface area (Å²) < 4.78 is 190. The summed E-state index contributed by atoms with van der Waals surface area (Å²) in [5.74, 6) is -0.138. The number of thiophene rings is 4. The van der Waals surface area contributed by atoms with Gasteiger partial charge in [-0.05, 0) is 188 Å². The molecule has 0 atom stereocenters. The molecular formula is C110H60F12Ir4N8O4S4-4. The Balaban J connectivity index is 0.000000129. The first-order chi connectivity index (χ1) is 66.8. The van der Waals surface area contributed by atoms with Gasteiger partial charge in [0, 0.05) is 125 Å². The Hall–Kier alpha value is -13.3. The van der Waals surface area contributed by atoms with Crippen molar-refractivity contribution in [2.24, 2.45) is 0 Å². The molecular weight excluding hydrogens is 2620 g/mol. The Morgan fingerprint density at radius 2 is 0.521 bits per heavy atom.